The number of carbonyl (C=O) groups is 1. The lowest BCUT2D eigenvalue weighted by Crippen LogP contribution is -2.25. The Morgan fingerprint density at radius 1 is 1.18 bits per heavy atom. The molecule has 1 N–H and O–H groups in total. The first-order valence-corrected chi connectivity index (χ1v) is 9.27. The van der Waals surface area contributed by atoms with Crippen LogP contribution in [0.3, 0.4) is 0 Å². The van der Waals surface area contributed by atoms with Gasteiger partial charge in [-0.05, 0) is 73.9 Å². The van der Waals surface area contributed by atoms with Crippen LogP contribution in [-0.4, -0.2) is 23.1 Å². The van der Waals surface area contributed by atoms with Crippen LogP contribution >= 0.6 is 0 Å². The Balaban J connectivity index is 1.60. The fraction of sp³-hybridized carbons (Fsp3) is 0.333. The van der Waals surface area contributed by atoms with E-state index in [0.717, 1.165) is 24.0 Å². The Hall–Kier alpha value is -3.22. The maximum absolute atomic E-state index is 12.0. The average molecular weight is 381 g/mol. The fourth-order valence-electron chi connectivity index (χ4n) is 3.24. The number of amides is 1. The number of nitrogens with one attached hydrogen (secondary N) is 1. The van der Waals surface area contributed by atoms with Gasteiger partial charge in [0.05, 0.1) is 10.6 Å². The second kappa shape index (κ2) is 8.65. The first-order valence-electron chi connectivity index (χ1n) is 9.27. The number of hydrogen-bond donors (Lipinski definition) is 1. The number of hydrazone groups is 1. The Morgan fingerprint density at radius 2 is 1.93 bits per heavy atom. The highest BCUT2D eigenvalue weighted by atomic mass is 16.6. The molecule has 7 nitrogen and oxygen atoms in total. The molecule has 3 rings (SSSR count). The van der Waals surface area contributed by atoms with Crippen LogP contribution in [0.15, 0.2) is 41.5 Å². The van der Waals surface area contributed by atoms with Crippen molar-refractivity contribution in [3.05, 3.63) is 68.8 Å². The maximum Gasteiger partial charge on any atom is 0.311 e. The summed E-state index contributed by atoms with van der Waals surface area (Å²) in [7, 11) is 0. The van der Waals surface area contributed by atoms with E-state index in [1.54, 1.807) is 13.0 Å². The summed E-state index contributed by atoms with van der Waals surface area (Å²) in [5, 5.41) is 15.2. The number of rotatable bonds is 6. The minimum absolute atomic E-state index is 0.0566. The summed E-state index contributed by atoms with van der Waals surface area (Å²) in [6, 6.07) is 10.9. The van der Waals surface area contributed by atoms with Gasteiger partial charge in [-0.3, -0.25) is 14.9 Å². The summed E-state index contributed by atoms with van der Waals surface area (Å²) in [5.41, 5.74) is 7.43. The van der Waals surface area contributed by atoms with Crippen LogP contribution in [0.5, 0.6) is 5.75 Å². The van der Waals surface area contributed by atoms with Gasteiger partial charge in [0.15, 0.2) is 12.4 Å². The largest absolute Gasteiger partial charge is 0.477 e. The molecule has 0 unspecified atom stereocenters. The number of nitro groups is 1. The van der Waals surface area contributed by atoms with Crippen LogP contribution in [0.2, 0.25) is 0 Å². The number of carbonyl (C=O) groups excluding carboxylic acids is 1. The molecular formula is C21H23N3O4. The molecule has 0 bridgehead atoms. The van der Waals surface area contributed by atoms with Crippen molar-refractivity contribution in [3.63, 3.8) is 0 Å². The molecule has 2 aromatic carbocycles. The second-order valence-corrected chi connectivity index (χ2v) is 6.94. The molecule has 0 spiro atoms. The molecule has 0 aromatic heterocycles. The van der Waals surface area contributed by atoms with E-state index in [1.807, 2.05) is 13.0 Å². The summed E-state index contributed by atoms with van der Waals surface area (Å²) in [5.74, 6) is -0.423. The van der Waals surface area contributed by atoms with Crippen molar-refractivity contribution >= 4 is 17.3 Å². The highest BCUT2D eigenvalue weighted by Gasteiger charge is 2.16. The number of nitrogens with zero attached hydrogens (tertiary/aromatic N) is 2. The van der Waals surface area contributed by atoms with Gasteiger partial charge in [0.1, 0.15) is 0 Å². The highest BCUT2D eigenvalue weighted by molar-refractivity contribution is 5.99. The minimum atomic E-state index is -0.529. The molecule has 0 saturated heterocycles. The van der Waals surface area contributed by atoms with Crippen molar-refractivity contribution < 1.29 is 14.5 Å². The molecule has 28 heavy (non-hydrogen) atoms. The van der Waals surface area contributed by atoms with E-state index in [1.165, 1.54) is 36.1 Å². The van der Waals surface area contributed by atoms with Crippen molar-refractivity contribution in [1.29, 1.82) is 0 Å². The van der Waals surface area contributed by atoms with Gasteiger partial charge in [-0.1, -0.05) is 18.2 Å². The standard InChI is InChI=1S/C21H23N3O4/c1-14-7-10-20(19(11-14)24(26)27)28-13-21(25)23-22-15(2)17-9-8-16-5-3-4-6-18(16)12-17/h7-12H,3-6,13H2,1-2H3,(H,23,25). The van der Waals surface area contributed by atoms with Crippen molar-refractivity contribution in [2.45, 2.75) is 39.5 Å². The van der Waals surface area contributed by atoms with Gasteiger partial charge in [-0.2, -0.15) is 5.10 Å². The lowest BCUT2D eigenvalue weighted by molar-refractivity contribution is -0.385. The van der Waals surface area contributed by atoms with E-state index >= 15 is 0 Å². The lowest BCUT2D eigenvalue weighted by Gasteiger charge is -2.16. The van der Waals surface area contributed by atoms with Gasteiger partial charge < -0.3 is 4.74 Å². The second-order valence-electron chi connectivity index (χ2n) is 6.94. The van der Waals surface area contributed by atoms with Gasteiger partial charge >= 0.3 is 5.69 Å². The van der Waals surface area contributed by atoms with Gasteiger partial charge in [-0.25, -0.2) is 5.43 Å². The van der Waals surface area contributed by atoms with E-state index in [2.05, 4.69) is 22.7 Å². The van der Waals surface area contributed by atoms with Crippen LogP contribution in [0.25, 0.3) is 0 Å². The number of fused-ring (bicyclic) bond motifs is 1. The number of nitro benzene ring substituents is 1. The van der Waals surface area contributed by atoms with Gasteiger partial charge in [-0.15, -0.1) is 0 Å². The van der Waals surface area contributed by atoms with Crippen LogP contribution in [0.4, 0.5) is 5.69 Å². The lowest BCUT2D eigenvalue weighted by atomic mass is 9.90. The molecule has 146 valence electrons. The molecule has 0 heterocycles. The number of hydrogen-bond acceptors (Lipinski definition) is 5. The summed E-state index contributed by atoms with van der Waals surface area (Å²) in [6.45, 7) is 3.23. The van der Waals surface area contributed by atoms with Crippen molar-refractivity contribution in [1.82, 2.24) is 5.43 Å². The van der Waals surface area contributed by atoms with Crippen LogP contribution in [0.1, 0.15) is 42.0 Å². The first kappa shape index (κ1) is 19.5. The van der Waals surface area contributed by atoms with Crippen molar-refractivity contribution in [3.8, 4) is 5.75 Å². The molecule has 2 aromatic rings. The predicted octanol–water partition coefficient (Wildman–Crippen LogP) is 3.70. The van der Waals surface area contributed by atoms with Gasteiger partial charge in [0, 0.05) is 6.07 Å². The summed E-state index contributed by atoms with van der Waals surface area (Å²) >= 11 is 0. The molecule has 0 atom stereocenters. The molecule has 0 saturated carbocycles. The third kappa shape index (κ3) is 4.73. The summed E-state index contributed by atoms with van der Waals surface area (Å²) < 4.78 is 5.30. The Bertz CT molecular complexity index is 937. The minimum Gasteiger partial charge on any atom is -0.477 e. The first-order chi connectivity index (χ1) is 13.4. The van der Waals surface area contributed by atoms with E-state index in [9.17, 15) is 14.9 Å². The average Bonchev–Trinajstić information content (AvgIpc) is 2.70. The summed E-state index contributed by atoms with van der Waals surface area (Å²) in [6.07, 6.45) is 4.62. The highest BCUT2D eigenvalue weighted by Crippen LogP contribution is 2.27. The normalized spacial score (nSPS) is 13.6. The molecule has 0 radical (unpaired) electrons. The molecular weight excluding hydrogens is 358 g/mol. The topological polar surface area (TPSA) is 93.8 Å². The van der Waals surface area contributed by atoms with E-state index in [4.69, 9.17) is 4.74 Å². The van der Waals surface area contributed by atoms with E-state index < -0.39 is 10.8 Å². The zero-order chi connectivity index (χ0) is 20.1. The zero-order valence-corrected chi connectivity index (χ0v) is 16.0. The SMILES string of the molecule is CC(=NNC(=O)COc1ccc(C)cc1[N+](=O)[O-])c1ccc2c(c1)CCCC2. The molecule has 1 amide bonds. The number of aryl methyl sites for hydroxylation is 3. The Labute approximate surface area is 163 Å². The zero-order valence-electron chi connectivity index (χ0n) is 16.0. The predicted molar refractivity (Wildman–Crippen MR) is 107 cm³/mol. The Morgan fingerprint density at radius 3 is 2.68 bits per heavy atom. The molecule has 1 aliphatic carbocycles. The molecule has 1 aliphatic rings. The van der Waals surface area contributed by atoms with Crippen molar-refractivity contribution in [2.24, 2.45) is 5.10 Å². The maximum atomic E-state index is 12.0. The van der Waals surface area contributed by atoms with E-state index in [-0.39, 0.29) is 18.0 Å². The monoisotopic (exact) mass is 381 g/mol. The molecule has 7 heteroatoms. The number of ether oxygens (including phenoxy) is 1. The quantitative estimate of drug-likeness (QED) is 0.469. The van der Waals surface area contributed by atoms with E-state index in [0.29, 0.717) is 5.71 Å². The third-order valence-electron chi connectivity index (χ3n) is 4.78. The molecule has 0 aliphatic heterocycles. The smallest absolute Gasteiger partial charge is 0.311 e. The third-order valence-corrected chi connectivity index (χ3v) is 4.78. The van der Waals surface area contributed by atoms with Gasteiger partial charge in [0.25, 0.3) is 5.91 Å². The summed E-state index contributed by atoms with van der Waals surface area (Å²) in [4.78, 5) is 22.6. The Kier molecular flexibility index (Phi) is 6.03. The van der Waals surface area contributed by atoms with Gasteiger partial charge in [0.2, 0.25) is 0 Å². The van der Waals surface area contributed by atoms with Crippen LogP contribution in [-0.2, 0) is 17.6 Å². The number of benzene rings is 2. The van der Waals surface area contributed by atoms with Crippen molar-refractivity contribution in [2.75, 3.05) is 6.61 Å². The fourth-order valence-corrected chi connectivity index (χ4v) is 3.24. The molecule has 0 fully saturated rings. The van der Waals surface area contributed by atoms with Crippen LogP contribution in [0, 0.1) is 17.0 Å². The van der Waals surface area contributed by atoms with Crippen LogP contribution < -0.4 is 10.2 Å².